The average molecular weight is 317 g/mol. The van der Waals surface area contributed by atoms with Crippen LogP contribution in [0.25, 0.3) is 0 Å². The number of hydrogen-bond donors (Lipinski definition) is 2. The number of rotatable bonds is 6. The number of aliphatic hydroxyl groups excluding tert-OH is 1. The van der Waals surface area contributed by atoms with E-state index in [2.05, 4.69) is 34.5 Å². The number of amides is 2. The van der Waals surface area contributed by atoms with Crippen molar-refractivity contribution < 1.29 is 9.90 Å². The normalized spacial score (nSPS) is 19.5. The molecule has 3 rings (SSSR count). The fourth-order valence-electron chi connectivity index (χ4n) is 3.28. The van der Waals surface area contributed by atoms with Gasteiger partial charge in [-0.25, -0.2) is 4.79 Å². The van der Waals surface area contributed by atoms with Gasteiger partial charge in [0.1, 0.15) is 0 Å². The summed E-state index contributed by atoms with van der Waals surface area (Å²) >= 11 is 0. The van der Waals surface area contributed by atoms with Crippen LogP contribution in [0.15, 0.2) is 30.3 Å². The lowest BCUT2D eigenvalue weighted by molar-refractivity contribution is 0.156. The SMILES string of the molecule is O=C(NC1CCN(Cc2ccccc2)CC1)N(CCO)C1CC1. The van der Waals surface area contributed by atoms with Crippen molar-refractivity contribution in [3.05, 3.63) is 35.9 Å². The first-order chi connectivity index (χ1) is 11.3. The number of benzene rings is 1. The molecule has 1 aliphatic carbocycles. The van der Waals surface area contributed by atoms with Gasteiger partial charge >= 0.3 is 6.03 Å². The molecular formula is C18H27N3O2. The summed E-state index contributed by atoms with van der Waals surface area (Å²) in [6.07, 6.45) is 4.14. The standard InChI is InChI=1S/C18H27N3O2/c22-13-12-21(17-6-7-17)18(23)19-16-8-10-20(11-9-16)14-15-4-2-1-3-5-15/h1-5,16-17,22H,6-14H2,(H,19,23). The van der Waals surface area contributed by atoms with Crippen LogP contribution in [-0.4, -0.2) is 59.3 Å². The summed E-state index contributed by atoms with van der Waals surface area (Å²) in [5, 5.41) is 12.3. The van der Waals surface area contributed by atoms with Crippen molar-refractivity contribution in [3.63, 3.8) is 0 Å². The van der Waals surface area contributed by atoms with Gasteiger partial charge in [-0.05, 0) is 31.2 Å². The first kappa shape index (κ1) is 16.3. The third-order valence-electron chi connectivity index (χ3n) is 4.75. The average Bonchev–Trinajstić information content (AvgIpc) is 3.40. The molecule has 0 bridgehead atoms. The van der Waals surface area contributed by atoms with E-state index in [4.69, 9.17) is 5.11 Å². The Morgan fingerprint density at radius 1 is 1.17 bits per heavy atom. The first-order valence-electron chi connectivity index (χ1n) is 8.70. The highest BCUT2D eigenvalue weighted by Gasteiger charge is 2.33. The molecule has 1 aromatic carbocycles. The molecule has 0 spiro atoms. The fraction of sp³-hybridized carbons (Fsp3) is 0.611. The van der Waals surface area contributed by atoms with E-state index in [1.54, 1.807) is 4.90 Å². The largest absolute Gasteiger partial charge is 0.395 e. The van der Waals surface area contributed by atoms with Crippen LogP contribution in [-0.2, 0) is 6.54 Å². The molecule has 2 amide bonds. The highest BCUT2D eigenvalue weighted by molar-refractivity contribution is 5.75. The minimum absolute atomic E-state index is 0.00283. The van der Waals surface area contributed by atoms with Crippen LogP contribution in [0.3, 0.4) is 0 Å². The number of nitrogens with zero attached hydrogens (tertiary/aromatic N) is 2. The lowest BCUT2D eigenvalue weighted by atomic mass is 10.0. The van der Waals surface area contributed by atoms with Crippen molar-refractivity contribution >= 4 is 6.03 Å². The van der Waals surface area contributed by atoms with Crippen LogP contribution in [0.1, 0.15) is 31.2 Å². The lowest BCUT2D eigenvalue weighted by Crippen LogP contribution is -2.50. The zero-order valence-corrected chi connectivity index (χ0v) is 13.7. The van der Waals surface area contributed by atoms with Crippen molar-refractivity contribution in [2.24, 2.45) is 0 Å². The zero-order chi connectivity index (χ0) is 16.1. The van der Waals surface area contributed by atoms with Gasteiger partial charge in [-0.15, -0.1) is 0 Å². The molecule has 2 aliphatic rings. The second-order valence-electron chi connectivity index (χ2n) is 6.63. The summed E-state index contributed by atoms with van der Waals surface area (Å²) in [7, 11) is 0. The van der Waals surface area contributed by atoms with Crippen LogP contribution in [0, 0.1) is 0 Å². The van der Waals surface area contributed by atoms with E-state index in [-0.39, 0.29) is 18.7 Å². The van der Waals surface area contributed by atoms with Gasteiger partial charge in [-0.3, -0.25) is 4.90 Å². The molecule has 1 saturated carbocycles. The number of carbonyl (C=O) groups excluding carboxylic acids is 1. The van der Waals surface area contributed by atoms with Crippen LogP contribution < -0.4 is 5.32 Å². The van der Waals surface area contributed by atoms with Gasteiger partial charge in [0.25, 0.3) is 0 Å². The van der Waals surface area contributed by atoms with Crippen LogP contribution in [0.4, 0.5) is 4.79 Å². The molecule has 126 valence electrons. The topological polar surface area (TPSA) is 55.8 Å². The Morgan fingerprint density at radius 2 is 1.87 bits per heavy atom. The minimum Gasteiger partial charge on any atom is -0.395 e. The molecule has 0 unspecified atom stereocenters. The van der Waals surface area contributed by atoms with E-state index < -0.39 is 0 Å². The van der Waals surface area contributed by atoms with Gasteiger partial charge in [0.2, 0.25) is 0 Å². The molecule has 0 radical (unpaired) electrons. The summed E-state index contributed by atoms with van der Waals surface area (Å²) in [5.74, 6) is 0. The highest BCUT2D eigenvalue weighted by atomic mass is 16.3. The number of carbonyl (C=O) groups is 1. The summed E-state index contributed by atoms with van der Waals surface area (Å²) in [4.78, 5) is 16.6. The van der Waals surface area contributed by atoms with Gasteiger partial charge in [0, 0.05) is 38.3 Å². The Balaban J connectivity index is 1.42. The van der Waals surface area contributed by atoms with E-state index in [1.165, 1.54) is 5.56 Å². The molecule has 23 heavy (non-hydrogen) atoms. The first-order valence-corrected chi connectivity index (χ1v) is 8.70. The van der Waals surface area contributed by atoms with E-state index in [1.807, 2.05) is 6.07 Å². The second-order valence-corrected chi connectivity index (χ2v) is 6.63. The van der Waals surface area contributed by atoms with Crippen LogP contribution >= 0.6 is 0 Å². The maximum atomic E-state index is 12.3. The van der Waals surface area contributed by atoms with Crippen molar-refractivity contribution in [1.82, 2.24) is 15.1 Å². The van der Waals surface area contributed by atoms with E-state index in [0.29, 0.717) is 12.6 Å². The van der Waals surface area contributed by atoms with Gasteiger partial charge in [-0.2, -0.15) is 0 Å². The molecule has 0 aromatic heterocycles. The molecule has 1 aromatic rings. The van der Waals surface area contributed by atoms with Gasteiger partial charge in [0.05, 0.1) is 6.61 Å². The molecule has 2 N–H and O–H groups in total. The third kappa shape index (κ3) is 4.69. The van der Waals surface area contributed by atoms with Gasteiger partial charge in [0.15, 0.2) is 0 Å². The molecule has 1 aliphatic heterocycles. The van der Waals surface area contributed by atoms with Crippen molar-refractivity contribution in [2.75, 3.05) is 26.2 Å². The monoisotopic (exact) mass is 317 g/mol. The number of urea groups is 1. The highest BCUT2D eigenvalue weighted by Crippen LogP contribution is 2.26. The van der Waals surface area contributed by atoms with Crippen molar-refractivity contribution in [1.29, 1.82) is 0 Å². The number of aliphatic hydroxyl groups is 1. The van der Waals surface area contributed by atoms with Gasteiger partial charge < -0.3 is 15.3 Å². The molecule has 0 atom stereocenters. The van der Waals surface area contributed by atoms with Crippen molar-refractivity contribution in [2.45, 2.75) is 44.3 Å². The maximum absolute atomic E-state index is 12.3. The molecule has 5 nitrogen and oxygen atoms in total. The number of likely N-dealkylation sites (tertiary alicyclic amines) is 1. The van der Waals surface area contributed by atoms with Crippen LogP contribution in [0.2, 0.25) is 0 Å². The minimum atomic E-state index is 0.00283. The number of nitrogens with one attached hydrogen (secondary N) is 1. The Hall–Kier alpha value is -1.59. The van der Waals surface area contributed by atoms with Crippen LogP contribution in [0.5, 0.6) is 0 Å². The molecular weight excluding hydrogens is 290 g/mol. The van der Waals surface area contributed by atoms with Gasteiger partial charge in [-0.1, -0.05) is 30.3 Å². The Bertz CT molecular complexity index is 496. The Kier molecular flexibility index (Phi) is 5.51. The molecule has 5 heteroatoms. The zero-order valence-electron chi connectivity index (χ0n) is 13.7. The summed E-state index contributed by atoms with van der Waals surface area (Å²) in [6.45, 7) is 3.51. The molecule has 1 heterocycles. The summed E-state index contributed by atoms with van der Waals surface area (Å²) in [6, 6.07) is 11.1. The lowest BCUT2D eigenvalue weighted by Gasteiger charge is -2.33. The predicted molar refractivity (Wildman–Crippen MR) is 90.1 cm³/mol. The quantitative estimate of drug-likeness (QED) is 0.841. The third-order valence-corrected chi connectivity index (χ3v) is 4.75. The molecule has 2 fully saturated rings. The summed E-state index contributed by atoms with van der Waals surface area (Å²) in [5.41, 5.74) is 1.35. The van der Waals surface area contributed by atoms with E-state index in [9.17, 15) is 4.79 Å². The fourth-order valence-corrected chi connectivity index (χ4v) is 3.28. The Labute approximate surface area is 138 Å². The predicted octanol–water partition coefficient (Wildman–Crippen LogP) is 1.82. The maximum Gasteiger partial charge on any atom is 0.317 e. The number of hydrogen-bond acceptors (Lipinski definition) is 3. The molecule has 1 saturated heterocycles. The summed E-state index contributed by atoms with van der Waals surface area (Å²) < 4.78 is 0. The van der Waals surface area contributed by atoms with E-state index in [0.717, 1.165) is 45.3 Å². The Morgan fingerprint density at radius 3 is 2.48 bits per heavy atom. The smallest absolute Gasteiger partial charge is 0.317 e. The second kappa shape index (κ2) is 7.79. The number of piperidine rings is 1. The van der Waals surface area contributed by atoms with Crippen molar-refractivity contribution in [3.8, 4) is 0 Å². The van der Waals surface area contributed by atoms with E-state index >= 15 is 0 Å².